The maximum absolute atomic E-state index is 12.7. The van der Waals surface area contributed by atoms with E-state index >= 15 is 0 Å². The number of ether oxygens (including phenoxy) is 1. The van der Waals surface area contributed by atoms with Crippen LogP contribution in [0.5, 0.6) is 5.75 Å². The second kappa shape index (κ2) is 9.38. The second-order valence-electron chi connectivity index (χ2n) is 6.73. The molecule has 0 saturated heterocycles. The maximum Gasteiger partial charge on any atom is 0.149 e. The molecule has 0 saturated carbocycles. The zero-order chi connectivity index (χ0) is 19.9. The molecule has 7 heteroatoms. The molecule has 5 nitrogen and oxygen atoms in total. The quantitative estimate of drug-likeness (QED) is 0.532. The van der Waals surface area contributed by atoms with Crippen LogP contribution in [0.4, 0.5) is 4.39 Å². The van der Waals surface area contributed by atoms with Crippen molar-refractivity contribution >= 4 is 16.7 Å². The summed E-state index contributed by atoms with van der Waals surface area (Å²) in [4.78, 5) is 4.08. The number of alkyl halides is 1. The summed E-state index contributed by atoms with van der Waals surface area (Å²) < 4.78 is 34.4. The average molecular weight is 387 g/mol. The van der Waals surface area contributed by atoms with Gasteiger partial charge in [-0.1, -0.05) is 12.1 Å². The first-order valence-corrected chi connectivity index (χ1v) is 9.63. The first-order valence-electron chi connectivity index (χ1n) is 8.52. The smallest absolute Gasteiger partial charge is 0.149 e. The van der Waals surface area contributed by atoms with Gasteiger partial charge < -0.3 is 4.74 Å². The van der Waals surface area contributed by atoms with Crippen molar-refractivity contribution in [3.05, 3.63) is 59.4 Å². The number of aromatic nitrogens is 1. The molecule has 1 heterocycles. The van der Waals surface area contributed by atoms with Crippen molar-refractivity contribution in [1.82, 2.24) is 4.98 Å². The predicted molar refractivity (Wildman–Crippen MR) is 105 cm³/mol. The van der Waals surface area contributed by atoms with E-state index in [1.807, 2.05) is 20.8 Å². The highest BCUT2D eigenvalue weighted by Gasteiger charge is 2.22. The van der Waals surface area contributed by atoms with Gasteiger partial charge in [0.25, 0.3) is 0 Å². The average Bonchev–Trinajstić information content (AvgIpc) is 2.65. The van der Waals surface area contributed by atoms with Crippen molar-refractivity contribution in [3.8, 4) is 11.8 Å². The van der Waals surface area contributed by atoms with Crippen LogP contribution in [0, 0.1) is 11.3 Å². The number of nitrogens with zero attached hydrogens (tertiary/aromatic N) is 3. The Morgan fingerprint density at radius 3 is 2.78 bits per heavy atom. The molecule has 142 valence electrons. The monoisotopic (exact) mass is 387 g/mol. The molecule has 0 bridgehead atoms. The summed E-state index contributed by atoms with van der Waals surface area (Å²) >= 11 is 0. The van der Waals surface area contributed by atoms with Crippen LogP contribution in [0.2, 0.25) is 0 Å². The Balaban J connectivity index is 2.54. The van der Waals surface area contributed by atoms with E-state index in [0.717, 1.165) is 0 Å². The van der Waals surface area contributed by atoms with Crippen LogP contribution >= 0.6 is 0 Å². The Kier molecular flexibility index (Phi) is 7.19. The topological polar surface area (TPSA) is 75.3 Å². The first kappa shape index (κ1) is 20.7. The summed E-state index contributed by atoms with van der Waals surface area (Å²) in [6.07, 6.45) is 1.83. The molecule has 0 spiro atoms. The SMILES string of the molecule is CC(C)(C)S(=O)/N=C(\c1cccc(OCCCF)c1)c1cccnc1C#N. The largest absolute Gasteiger partial charge is 0.493 e. The Morgan fingerprint density at radius 2 is 2.11 bits per heavy atom. The van der Waals surface area contributed by atoms with Gasteiger partial charge in [0, 0.05) is 23.7 Å². The Bertz CT molecular complexity index is 885. The van der Waals surface area contributed by atoms with E-state index in [4.69, 9.17) is 4.74 Å². The molecule has 1 atom stereocenters. The number of halogens is 1. The van der Waals surface area contributed by atoms with Gasteiger partial charge in [-0.15, -0.1) is 0 Å². The van der Waals surface area contributed by atoms with E-state index in [1.165, 1.54) is 6.20 Å². The Labute approximate surface area is 161 Å². The lowest BCUT2D eigenvalue weighted by Gasteiger charge is -2.16. The first-order chi connectivity index (χ1) is 12.9. The highest BCUT2D eigenvalue weighted by Crippen LogP contribution is 2.22. The minimum absolute atomic E-state index is 0.200. The normalized spacial score (nSPS) is 13.1. The van der Waals surface area contributed by atoms with Crippen LogP contribution in [-0.2, 0) is 11.0 Å². The van der Waals surface area contributed by atoms with E-state index in [-0.39, 0.29) is 12.3 Å². The molecule has 0 aliphatic carbocycles. The van der Waals surface area contributed by atoms with Crippen molar-refractivity contribution in [2.75, 3.05) is 13.3 Å². The molecule has 27 heavy (non-hydrogen) atoms. The van der Waals surface area contributed by atoms with Crippen molar-refractivity contribution in [2.45, 2.75) is 31.9 Å². The van der Waals surface area contributed by atoms with Gasteiger partial charge in [-0.25, -0.2) is 9.19 Å². The lowest BCUT2D eigenvalue weighted by atomic mass is 10.0. The summed E-state index contributed by atoms with van der Waals surface area (Å²) in [7, 11) is -1.53. The van der Waals surface area contributed by atoms with E-state index in [9.17, 15) is 13.9 Å². The van der Waals surface area contributed by atoms with Crippen molar-refractivity contribution < 1.29 is 13.3 Å². The van der Waals surface area contributed by atoms with E-state index in [2.05, 4.69) is 15.5 Å². The summed E-state index contributed by atoms with van der Waals surface area (Å²) in [5, 5.41) is 9.40. The molecule has 0 radical (unpaired) electrons. The van der Waals surface area contributed by atoms with Crippen molar-refractivity contribution in [1.29, 1.82) is 5.26 Å². The third kappa shape index (κ3) is 5.69. The Hall–Kier alpha value is -2.59. The van der Waals surface area contributed by atoms with Crippen molar-refractivity contribution in [3.63, 3.8) is 0 Å². The highest BCUT2D eigenvalue weighted by atomic mass is 32.2. The third-order valence-corrected chi connectivity index (χ3v) is 4.92. The van der Waals surface area contributed by atoms with Gasteiger partial charge in [-0.3, -0.25) is 4.39 Å². The lowest BCUT2D eigenvalue weighted by molar-refractivity contribution is 0.289. The number of nitriles is 1. The fourth-order valence-electron chi connectivity index (χ4n) is 2.14. The van der Waals surface area contributed by atoms with Gasteiger partial charge in [-0.05, 0) is 45.0 Å². The molecule has 2 aromatic rings. The van der Waals surface area contributed by atoms with E-state index < -0.39 is 22.4 Å². The molecular formula is C20H22FN3O2S. The molecule has 0 fully saturated rings. The lowest BCUT2D eigenvalue weighted by Crippen LogP contribution is -2.22. The standard InChI is InChI=1S/C20H22FN3O2S/c1-20(2,3)27(25)24-19(17-9-5-11-23-18(17)14-22)15-7-4-8-16(13-15)26-12-6-10-21/h4-5,7-9,11,13H,6,10,12H2,1-3H3/b24-19+. The van der Waals surface area contributed by atoms with E-state index in [1.54, 1.807) is 36.4 Å². The van der Waals surface area contributed by atoms with Gasteiger partial charge in [0.15, 0.2) is 0 Å². The summed E-state index contributed by atoms with van der Waals surface area (Å²) in [5.41, 5.74) is 1.75. The number of hydrogen-bond donors (Lipinski definition) is 0. The Morgan fingerprint density at radius 1 is 1.33 bits per heavy atom. The molecule has 0 aliphatic heterocycles. The van der Waals surface area contributed by atoms with Gasteiger partial charge in [-0.2, -0.15) is 9.66 Å². The highest BCUT2D eigenvalue weighted by molar-refractivity contribution is 7.85. The predicted octanol–water partition coefficient (Wildman–Crippen LogP) is 3.99. The molecule has 0 amide bonds. The van der Waals surface area contributed by atoms with Crippen LogP contribution in [0.1, 0.15) is 44.0 Å². The summed E-state index contributed by atoms with van der Waals surface area (Å²) in [5.74, 6) is 0.553. The van der Waals surface area contributed by atoms with Crippen LogP contribution in [0.3, 0.4) is 0 Å². The number of benzene rings is 1. The molecule has 1 unspecified atom stereocenters. The fraction of sp³-hybridized carbons (Fsp3) is 0.350. The van der Waals surface area contributed by atoms with Crippen molar-refractivity contribution in [2.24, 2.45) is 4.40 Å². The molecular weight excluding hydrogens is 365 g/mol. The molecule has 0 N–H and O–H groups in total. The summed E-state index contributed by atoms with van der Waals surface area (Å²) in [6.45, 7) is 5.30. The zero-order valence-electron chi connectivity index (χ0n) is 15.6. The fourth-order valence-corrected chi connectivity index (χ4v) is 2.78. The van der Waals surface area contributed by atoms with Crippen LogP contribution in [0.15, 0.2) is 47.0 Å². The third-order valence-electron chi connectivity index (χ3n) is 3.52. The second-order valence-corrected chi connectivity index (χ2v) is 8.64. The molecule has 1 aromatic carbocycles. The van der Waals surface area contributed by atoms with E-state index in [0.29, 0.717) is 29.0 Å². The van der Waals surface area contributed by atoms with Crippen LogP contribution in [0.25, 0.3) is 0 Å². The zero-order valence-corrected chi connectivity index (χ0v) is 16.4. The maximum atomic E-state index is 12.7. The molecule has 2 rings (SSSR count). The molecule has 1 aromatic heterocycles. The van der Waals surface area contributed by atoms with Gasteiger partial charge >= 0.3 is 0 Å². The number of pyridine rings is 1. The molecule has 0 aliphatic rings. The summed E-state index contributed by atoms with van der Waals surface area (Å²) in [6, 6.07) is 12.6. The van der Waals surface area contributed by atoms with Crippen LogP contribution < -0.4 is 4.74 Å². The van der Waals surface area contributed by atoms with Gasteiger partial charge in [0.05, 0.1) is 23.7 Å². The minimum atomic E-state index is -1.53. The van der Waals surface area contributed by atoms with Crippen LogP contribution in [-0.4, -0.2) is 32.9 Å². The number of hydrogen-bond acceptors (Lipinski definition) is 4. The van der Waals surface area contributed by atoms with Gasteiger partial charge in [0.1, 0.15) is 28.5 Å². The van der Waals surface area contributed by atoms with Gasteiger partial charge in [0.2, 0.25) is 0 Å². The minimum Gasteiger partial charge on any atom is -0.493 e. The number of rotatable bonds is 7.